The summed E-state index contributed by atoms with van der Waals surface area (Å²) >= 11 is 0. The van der Waals surface area contributed by atoms with Gasteiger partial charge >= 0.3 is 11.7 Å². The molecule has 4 atom stereocenters. The molecule has 3 rings (SSSR count). The zero-order valence-corrected chi connectivity index (χ0v) is 17.9. The van der Waals surface area contributed by atoms with Gasteiger partial charge in [0.05, 0.1) is 12.2 Å². The number of hydrogen-bond acceptors (Lipinski definition) is 8. The zero-order chi connectivity index (χ0) is 22.4. The molecular formula is C20H28N2O8. The fourth-order valence-electron chi connectivity index (χ4n) is 3.53. The summed E-state index contributed by atoms with van der Waals surface area (Å²) in [6.07, 6.45) is 0.896. The summed E-state index contributed by atoms with van der Waals surface area (Å²) in [5, 5.41) is 9.64. The van der Waals surface area contributed by atoms with Gasteiger partial charge in [0, 0.05) is 19.3 Å². The molecule has 2 saturated heterocycles. The van der Waals surface area contributed by atoms with Gasteiger partial charge in [-0.2, -0.15) is 0 Å². The number of rotatable bonds is 4. The number of carbonyl (C=O) groups is 1. The lowest BCUT2D eigenvalue weighted by molar-refractivity contribution is -0.200. The minimum atomic E-state index is -0.915. The van der Waals surface area contributed by atoms with E-state index in [1.807, 2.05) is 0 Å². The largest absolute Gasteiger partial charge is 0.457 e. The molecule has 3 heterocycles. The van der Waals surface area contributed by atoms with Gasteiger partial charge in [0.2, 0.25) is 0 Å². The molecule has 166 valence electrons. The summed E-state index contributed by atoms with van der Waals surface area (Å²) in [4.78, 5) is 37.2. The maximum absolute atomic E-state index is 12.8. The second kappa shape index (κ2) is 7.77. The molecule has 0 spiro atoms. The third-order valence-electron chi connectivity index (χ3n) is 4.72. The highest BCUT2D eigenvalue weighted by molar-refractivity contribution is 5.87. The predicted octanol–water partition coefficient (Wildman–Crippen LogP) is 0.312. The van der Waals surface area contributed by atoms with Crippen molar-refractivity contribution in [2.24, 2.45) is 7.05 Å². The maximum Gasteiger partial charge on any atom is 0.332 e. The van der Waals surface area contributed by atoms with E-state index < -0.39 is 53.1 Å². The number of aromatic nitrogens is 2. The van der Waals surface area contributed by atoms with Gasteiger partial charge in [-0.1, -0.05) is 0 Å². The van der Waals surface area contributed by atoms with Crippen LogP contribution in [0.3, 0.4) is 0 Å². The van der Waals surface area contributed by atoms with Gasteiger partial charge < -0.3 is 24.1 Å². The first-order valence-corrected chi connectivity index (χ1v) is 9.68. The number of fused-ring (bicyclic) bond motifs is 1. The third kappa shape index (κ3) is 4.41. The van der Waals surface area contributed by atoms with Crippen LogP contribution in [0.15, 0.2) is 21.9 Å². The van der Waals surface area contributed by atoms with E-state index in [-0.39, 0.29) is 12.2 Å². The van der Waals surface area contributed by atoms with E-state index >= 15 is 0 Å². The van der Waals surface area contributed by atoms with Gasteiger partial charge in [-0.05, 0) is 40.7 Å². The minimum absolute atomic E-state index is 0.0914. The smallest absolute Gasteiger partial charge is 0.332 e. The summed E-state index contributed by atoms with van der Waals surface area (Å²) in [6.45, 7) is 8.34. The van der Waals surface area contributed by atoms with Crippen molar-refractivity contribution < 1.29 is 28.8 Å². The molecule has 10 heteroatoms. The molecule has 0 aliphatic carbocycles. The average molecular weight is 424 g/mol. The molecule has 2 aliphatic heterocycles. The molecule has 1 aromatic heterocycles. The topological polar surface area (TPSA) is 118 Å². The molecule has 10 nitrogen and oxygen atoms in total. The van der Waals surface area contributed by atoms with Crippen molar-refractivity contribution >= 4 is 12.0 Å². The van der Waals surface area contributed by atoms with Crippen molar-refractivity contribution in [1.82, 2.24) is 9.13 Å². The van der Waals surface area contributed by atoms with E-state index in [0.717, 1.165) is 10.6 Å². The summed E-state index contributed by atoms with van der Waals surface area (Å²) in [5.74, 6) is -1.52. The maximum atomic E-state index is 12.8. The lowest BCUT2D eigenvalue weighted by Crippen LogP contribution is -2.43. The van der Waals surface area contributed by atoms with Crippen LogP contribution < -0.4 is 11.2 Å². The number of ether oxygens (including phenoxy) is 4. The van der Waals surface area contributed by atoms with Crippen LogP contribution >= 0.6 is 0 Å². The van der Waals surface area contributed by atoms with Crippen LogP contribution in [-0.2, 0) is 30.8 Å². The Morgan fingerprint density at radius 1 is 1.27 bits per heavy atom. The van der Waals surface area contributed by atoms with Gasteiger partial charge in [0.15, 0.2) is 12.0 Å². The van der Waals surface area contributed by atoms with Gasteiger partial charge in [-0.25, -0.2) is 9.59 Å². The van der Waals surface area contributed by atoms with E-state index in [9.17, 15) is 19.5 Å². The van der Waals surface area contributed by atoms with Crippen molar-refractivity contribution in [2.75, 3.05) is 6.61 Å². The van der Waals surface area contributed by atoms with E-state index in [0.29, 0.717) is 0 Å². The highest BCUT2D eigenvalue weighted by Crippen LogP contribution is 2.42. The first kappa shape index (κ1) is 22.4. The number of aliphatic hydroxyl groups excluding tert-OH is 1. The summed E-state index contributed by atoms with van der Waals surface area (Å²) in [7, 11) is 1.33. The normalized spacial score (nSPS) is 28.1. The van der Waals surface area contributed by atoms with E-state index in [2.05, 4.69) is 0 Å². The highest BCUT2D eigenvalue weighted by atomic mass is 16.8. The Hall–Kier alpha value is -2.27. The van der Waals surface area contributed by atoms with Crippen molar-refractivity contribution in [1.29, 1.82) is 0 Å². The van der Waals surface area contributed by atoms with Crippen LogP contribution in [0.4, 0.5) is 0 Å². The Morgan fingerprint density at radius 2 is 1.90 bits per heavy atom. The summed E-state index contributed by atoms with van der Waals surface area (Å²) in [6, 6.07) is 0. The van der Waals surface area contributed by atoms with Gasteiger partial charge in [0.25, 0.3) is 5.56 Å². The molecule has 0 amide bonds. The average Bonchev–Trinajstić information content (AvgIpc) is 3.10. The van der Waals surface area contributed by atoms with Crippen molar-refractivity contribution in [3.05, 3.63) is 38.7 Å². The molecule has 0 radical (unpaired) electrons. The number of esters is 1. The van der Waals surface area contributed by atoms with Crippen LogP contribution in [0.2, 0.25) is 0 Å². The number of carbonyl (C=O) groups excluding carboxylic acids is 1. The minimum Gasteiger partial charge on any atom is -0.457 e. The van der Waals surface area contributed by atoms with Crippen molar-refractivity contribution in [3.8, 4) is 0 Å². The van der Waals surface area contributed by atoms with E-state index in [1.165, 1.54) is 23.9 Å². The Balaban J connectivity index is 1.97. The predicted molar refractivity (Wildman–Crippen MR) is 106 cm³/mol. The number of aliphatic hydroxyl groups is 1. The molecule has 2 unspecified atom stereocenters. The molecule has 1 aromatic rings. The highest BCUT2D eigenvalue weighted by Gasteiger charge is 2.56. The van der Waals surface area contributed by atoms with Crippen LogP contribution in [0, 0.1) is 0 Å². The quantitative estimate of drug-likeness (QED) is 0.542. The van der Waals surface area contributed by atoms with Crippen LogP contribution in [0.5, 0.6) is 0 Å². The van der Waals surface area contributed by atoms with Gasteiger partial charge in [0.1, 0.15) is 23.9 Å². The SMILES string of the molecule is Cn1c(=O)c(/C=C/C(=O)OC(C)(C)C)cn([C@@H]2O[C@H](CO)C3OC(C)(C)OC32)c1=O. The lowest BCUT2D eigenvalue weighted by atomic mass is 10.1. The van der Waals surface area contributed by atoms with E-state index in [1.54, 1.807) is 34.6 Å². The molecule has 0 bridgehead atoms. The first-order chi connectivity index (χ1) is 13.8. The number of hydrogen-bond donors (Lipinski definition) is 1. The summed E-state index contributed by atoms with van der Waals surface area (Å²) in [5.41, 5.74) is -1.78. The third-order valence-corrected chi connectivity index (χ3v) is 4.72. The van der Waals surface area contributed by atoms with Crippen LogP contribution in [0.25, 0.3) is 6.08 Å². The number of nitrogens with zero attached hydrogens (tertiary/aromatic N) is 2. The monoisotopic (exact) mass is 424 g/mol. The zero-order valence-electron chi connectivity index (χ0n) is 17.9. The second-order valence-electron chi connectivity index (χ2n) is 8.82. The van der Waals surface area contributed by atoms with Crippen LogP contribution in [0.1, 0.15) is 46.4 Å². The molecule has 1 N–H and O–H groups in total. The van der Waals surface area contributed by atoms with Crippen LogP contribution in [-0.4, -0.2) is 56.5 Å². The fourth-order valence-corrected chi connectivity index (χ4v) is 3.53. The molecular weight excluding hydrogens is 396 g/mol. The van der Waals surface area contributed by atoms with Gasteiger partial charge in [-0.15, -0.1) is 0 Å². The van der Waals surface area contributed by atoms with Gasteiger partial charge in [-0.3, -0.25) is 13.9 Å². The molecule has 0 saturated carbocycles. The Morgan fingerprint density at radius 3 is 2.50 bits per heavy atom. The molecule has 2 aliphatic rings. The van der Waals surface area contributed by atoms with Crippen molar-refractivity contribution in [2.45, 2.75) is 70.5 Å². The fraction of sp³-hybridized carbons (Fsp3) is 0.650. The Bertz CT molecular complexity index is 968. The molecule has 2 fully saturated rings. The van der Waals surface area contributed by atoms with E-state index in [4.69, 9.17) is 18.9 Å². The van der Waals surface area contributed by atoms with Crippen molar-refractivity contribution in [3.63, 3.8) is 0 Å². The molecule has 30 heavy (non-hydrogen) atoms. The lowest BCUT2D eigenvalue weighted by Gasteiger charge is -2.24. The Kier molecular flexibility index (Phi) is 5.80. The molecule has 0 aromatic carbocycles. The second-order valence-corrected chi connectivity index (χ2v) is 8.82. The Labute approximate surface area is 173 Å². The summed E-state index contributed by atoms with van der Waals surface area (Å²) < 4.78 is 24.8. The first-order valence-electron chi connectivity index (χ1n) is 9.68. The standard InChI is InChI=1S/C20H28N2O8/c1-19(2,3)28-13(24)8-7-11-9-22(18(26)21(6)16(11)25)17-15-14(12(10-23)27-17)29-20(4,5)30-15/h7-9,12,14-15,17,23H,10H2,1-6H3/b8-7+/t12-,14?,15?,17-/m1/s1.